The summed E-state index contributed by atoms with van der Waals surface area (Å²) in [5, 5.41) is 15.3. The Hall–Kier alpha value is -3.87. The molecule has 0 atom stereocenters. The zero-order chi connectivity index (χ0) is 18.6. The maximum Gasteiger partial charge on any atom is 0.249 e. The molecule has 0 fully saturated rings. The lowest BCUT2D eigenvalue weighted by Gasteiger charge is -2.09. The van der Waals surface area contributed by atoms with Crippen molar-refractivity contribution in [2.45, 2.75) is 6.92 Å². The summed E-state index contributed by atoms with van der Waals surface area (Å²) in [5.74, 6) is 0.921. The molecule has 0 unspecified atom stereocenters. The van der Waals surface area contributed by atoms with Crippen molar-refractivity contribution < 1.29 is 4.79 Å². The van der Waals surface area contributed by atoms with E-state index in [2.05, 4.69) is 30.8 Å². The first-order valence-corrected chi connectivity index (χ1v) is 8.37. The van der Waals surface area contributed by atoms with Crippen LogP contribution in [0.15, 0.2) is 67.0 Å². The minimum atomic E-state index is 0.0226. The van der Waals surface area contributed by atoms with Crippen LogP contribution >= 0.6 is 0 Å². The van der Waals surface area contributed by atoms with Crippen molar-refractivity contribution in [1.82, 2.24) is 20.2 Å². The minimum absolute atomic E-state index is 0.0226. The molecule has 0 saturated carbocycles. The normalized spacial score (nSPS) is 10.6. The summed E-state index contributed by atoms with van der Waals surface area (Å²) >= 11 is 0. The van der Waals surface area contributed by atoms with Gasteiger partial charge in [-0.25, -0.2) is 0 Å². The van der Waals surface area contributed by atoms with Gasteiger partial charge in [0.1, 0.15) is 0 Å². The van der Waals surface area contributed by atoms with E-state index >= 15 is 0 Å². The van der Waals surface area contributed by atoms with E-state index in [1.54, 1.807) is 36.7 Å². The van der Waals surface area contributed by atoms with E-state index in [9.17, 15) is 4.79 Å². The standard InChI is InChI=1S/C20H16N6O/c1-13(27)14-7-9-16(10-8-14)23-20-25-18(12-22-26-20)24-17-6-2-4-15-5-3-11-21-19(15)17/h2-12H,1H3,(H2,23,24,25,26). The largest absolute Gasteiger partial charge is 0.337 e. The molecule has 132 valence electrons. The Morgan fingerprint density at radius 1 is 0.963 bits per heavy atom. The third kappa shape index (κ3) is 3.72. The van der Waals surface area contributed by atoms with Crippen LogP contribution in [0.3, 0.4) is 0 Å². The highest BCUT2D eigenvalue weighted by Gasteiger charge is 2.06. The van der Waals surface area contributed by atoms with Crippen molar-refractivity contribution in [3.8, 4) is 0 Å². The lowest BCUT2D eigenvalue weighted by atomic mass is 10.1. The smallest absolute Gasteiger partial charge is 0.249 e. The van der Waals surface area contributed by atoms with Crippen LogP contribution in [0.2, 0.25) is 0 Å². The maximum atomic E-state index is 11.4. The van der Waals surface area contributed by atoms with E-state index in [-0.39, 0.29) is 5.78 Å². The average Bonchev–Trinajstić information content (AvgIpc) is 2.69. The number of Topliss-reactive ketones (excluding diaryl/α,β-unsaturated/α-hetero) is 1. The predicted molar refractivity (Wildman–Crippen MR) is 105 cm³/mol. The maximum absolute atomic E-state index is 11.4. The molecule has 27 heavy (non-hydrogen) atoms. The van der Waals surface area contributed by atoms with Gasteiger partial charge in [0.05, 0.1) is 17.4 Å². The molecule has 0 spiro atoms. The number of carbonyl (C=O) groups excluding carboxylic acids is 1. The Morgan fingerprint density at radius 2 is 1.78 bits per heavy atom. The van der Waals surface area contributed by atoms with E-state index in [0.29, 0.717) is 17.3 Å². The monoisotopic (exact) mass is 356 g/mol. The van der Waals surface area contributed by atoms with Crippen molar-refractivity contribution >= 4 is 39.8 Å². The number of anilines is 4. The quantitative estimate of drug-likeness (QED) is 0.520. The summed E-state index contributed by atoms with van der Waals surface area (Å²) in [4.78, 5) is 20.2. The predicted octanol–water partition coefficient (Wildman–Crippen LogP) is 4.11. The summed E-state index contributed by atoms with van der Waals surface area (Å²) in [7, 11) is 0. The minimum Gasteiger partial charge on any atom is -0.337 e. The zero-order valence-electron chi connectivity index (χ0n) is 14.5. The van der Waals surface area contributed by atoms with Gasteiger partial charge in [0, 0.05) is 22.8 Å². The number of nitrogens with zero attached hydrogens (tertiary/aromatic N) is 4. The van der Waals surface area contributed by atoms with Gasteiger partial charge >= 0.3 is 0 Å². The molecule has 4 rings (SSSR count). The number of nitrogens with one attached hydrogen (secondary N) is 2. The molecule has 0 aliphatic carbocycles. The topological polar surface area (TPSA) is 92.7 Å². The number of hydrogen-bond donors (Lipinski definition) is 2. The van der Waals surface area contributed by atoms with Crippen LogP contribution in [0.5, 0.6) is 0 Å². The number of ketones is 1. The average molecular weight is 356 g/mol. The number of hydrogen-bond acceptors (Lipinski definition) is 7. The first-order chi connectivity index (χ1) is 13.2. The fourth-order valence-corrected chi connectivity index (χ4v) is 2.68. The highest BCUT2D eigenvalue weighted by atomic mass is 16.1. The lowest BCUT2D eigenvalue weighted by molar-refractivity contribution is 0.101. The molecule has 2 aromatic carbocycles. The molecule has 0 amide bonds. The molecule has 0 radical (unpaired) electrons. The Kier molecular flexibility index (Phi) is 4.40. The molecular formula is C20H16N6O. The van der Waals surface area contributed by atoms with Crippen LogP contribution in [-0.4, -0.2) is 25.9 Å². The van der Waals surface area contributed by atoms with Crippen LogP contribution in [0.25, 0.3) is 10.9 Å². The third-order valence-electron chi connectivity index (χ3n) is 4.00. The van der Waals surface area contributed by atoms with Gasteiger partial charge in [-0.05, 0) is 43.3 Å². The highest BCUT2D eigenvalue weighted by molar-refractivity contribution is 5.94. The zero-order valence-corrected chi connectivity index (χ0v) is 14.5. The second kappa shape index (κ2) is 7.17. The Balaban J connectivity index is 1.56. The van der Waals surface area contributed by atoms with Gasteiger partial charge in [0.2, 0.25) is 5.95 Å². The fraction of sp³-hybridized carbons (Fsp3) is 0.0500. The number of rotatable bonds is 5. The third-order valence-corrected chi connectivity index (χ3v) is 4.00. The summed E-state index contributed by atoms with van der Waals surface area (Å²) in [6.45, 7) is 1.53. The van der Waals surface area contributed by atoms with Crippen molar-refractivity contribution in [2.75, 3.05) is 10.6 Å². The number of fused-ring (bicyclic) bond motifs is 1. The summed E-state index contributed by atoms with van der Waals surface area (Å²) < 4.78 is 0. The molecule has 0 bridgehead atoms. The van der Waals surface area contributed by atoms with Crippen LogP contribution < -0.4 is 10.6 Å². The molecule has 7 heteroatoms. The molecular weight excluding hydrogens is 340 g/mol. The summed E-state index contributed by atoms with van der Waals surface area (Å²) in [6.07, 6.45) is 3.30. The number of pyridine rings is 1. The van der Waals surface area contributed by atoms with E-state index in [1.807, 2.05) is 30.3 Å². The van der Waals surface area contributed by atoms with Crippen molar-refractivity contribution in [3.63, 3.8) is 0 Å². The molecule has 0 saturated heterocycles. The van der Waals surface area contributed by atoms with Gasteiger partial charge < -0.3 is 10.6 Å². The van der Waals surface area contributed by atoms with Gasteiger partial charge in [-0.1, -0.05) is 18.2 Å². The number of carbonyl (C=O) groups is 1. The first kappa shape index (κ1) is 16.6. The SMILES string of the molecule is CC(=O)c1ccc(Nc2nncc(Nc3cccc4cccnc34)n2)cc1. The second-order valence-electron chi connectivity index (χ2n) is 5.93. The van der Waals surface area contributed by atoms with Crippen molar-refractivity contribution in [2.24, 2.45) is 0 Å². The number of benzene rings is 2. The molecule has 4 aromatic rings. The number of para-hydroxylation sites is 1. The van der Waals surface area contributed by atoms with Crippen molar-refractivity contribution in [1.29, 1.82) is 0 Å². The highest BCUT2D eigenvalue weighted by Crippen LogP contribution is 2.24. The Morgan fingerprint density at radius 3 is 2.59 bits per heavy atom. The van der Waals surface area contributed by atoms with E-state index < -0.39 is 0 Å². The second-order valence-corrected chi connectivity index (χ2v) is 5.93. The van der Waals surface area contributed by atoms with E-state index in [0.717, 1.165) is 22.3 Å². The Bertz CT molecular complexity index is 1110. The van der Waals surface area contributed by atoms with Gasteiger partial charge in [-0.2, -0.15) is 10.1 Å². The van der Waals surface area contributed by atoms with Crippen LogP contribution in [0, 0.1) is 0 Å². The van der Waals surface area contributed by atoms with Gasteiger partial charge in [-0.15, -0.1) is 5.10 Å². The molecule has 0 aliphatic rings. The first-order valence-electron chi connectivity index (χ1n) is 8.37. The summed E-state index contributed by atoms with van der Waals surface area (Å²) in [5.41, 5.74) is 3.11. The fourth-order valence-electron chi connectivity index (χ4n) is 2.68. The number of aromatic nitrogens is 4. The van der Waals surface area contributed by atoms with Crippen molar-refractivity contribution in [3.05, 3.63) is 72.6 Å². The Labute approximate surface area is 155 Å². The van der Waals surface area contributed by atoms with Crippen LogP contribution in [0.1, 0.15) is 17.3 Å². The molecule has 2 N–H and O–H groups in total. The molecule has 2 aromatic heterocycles. The van der Waals surface area contributed by atoms with Gasteiger partial charge in [0.25, 0.3) is 0 Å². The van der Waals surface area contributed by atoms with E-state index in [4.69, 9.17) is 0 Å². The summed E-state index contributed by atoms with van der Waals surface area (Å²) in [6, 6.07) is 16.9. The molecule has 7 nitrogen and oxygen atoms in total. The van der Waals surface area contributed by atoms with Crippen LogP contribution in [0.4, 0.5) is 23.1 Å². The van der Waals surface area contributed by atoms with Crippen LogP contribution in [-0.2, 0) is 0 Å². The lowest BCUT2D eigenvalue weighted by Crippen LogP contribution is -2.03. The van der Waals surface area contributed by atoms with E-state index in [1.165, 1.54) is 6.92 Å². The van der Waals surface area contributed by atoms with Gasteiger partial charge in [-0.3, -0.25) is 9.78 Å². The molecule has 2 heterocycles. The van der Waals surface area contributed by atoms with Gasteiger partial charge in [0.15, 0.2) is 11.6 Å². The molecule has 0 aliphatic heterocycles.